The summed E-state index contributed by atoms with van der Waals surface area (Å²) < 4.78 is 0. The fourth-order valence-electron chi connectivity index (χ4n) is 4.28. The molecular weight excluding hydrogens is 464 g/mol. The predicted molar refractivity (Wildman–Crippen MR) is 150 cm³/mol. The molecule has 0 aromatic carbocycles. The lowest BCUT2D eigenvalue weighted by Crippen LogP contribution is -2.36. The first-order chi connectivity index (χ1) is 18.0. The summed E-state index contributed by atoms with van der Waals surface area (Å²) in [6.07, 6.45) is 34.9. The van der Waals surface area contributed by atoms with E-state index in [1.54, 1.807) is 4.90 Å². The van der Waals surface area contributed by atoms with E-state index in [-0.39, 0.29) is 29.7 Å². The third-order valence-corrected chi connectivity index (χ3v) is 6.34. The van der Waals surface area contributed by atoms with Gasteiger partial charge in [0.05, 0.1) is 0 Å². The van der Waals surface area contributed by atoms with Gasteiger partial charge in [-0.2, -0.15) is 0 Å². The minimum absolute atomic E-state index is 0.0441. The molecule has 1 aliphatic heterocycles. The van der Waals surface area contributed by atoms with E-state index in [1.807, 2.05) is 6.08 Å². The van der Waals surface area contributed by atoms with E-state index in [1.165, 1.54) is 0 Å². The van der Waals surface area contributed by atoms with Gasteiger partial charge in [-0.3, -0.25) is 9.59 Å². The molecule has 2 rings (SSSR count). The maximum absolute atomic E-state index is 12.2. The van der Waals surface area contributed by atoms with Crippen molar-refractivity contribution in [3.63, 3.8) is 0 Å². The van der Waals surface area contributed by atoms with Crippen LogP contribution in [0, 0.1) is 11.8 Å². The number of likely N-dealkylation sites (tertiary alicyclic amines) is 1. The van der Waals surface area contributed by atoms with Gasteiger partial charge in [0.25, 0.3) is 0 Å². The predicted octanol–water partition coefficient (Wildman–Crippen LogP) is 5.68. The van der Waals surface area contributed by atoms with Crippen molar-refractivity contribution in [3.05, 3.63) is 85.1 Å². The Morgan fingerprint density at radius 2 is 1.19 bits per heavy atom. The molecule has 2 unspecified atom stereocenters. The number of rotatable bonds is 17. The number of fused-ring (bicyclic) bond motifs is 1. The Balaban J connectivity index is 1.44. The first-order valence-corrected chi connectivity index (χ1v) is 13.4. The number of carboxylic acid groups (broad SMARTS) is 1. The van der Waals surface area contributed by atoms with Gasteiger partial charge in [0.2, 0.25) is 11.8 Å². The van der Waals surface area contributed by atoms with E-state index in [9.17, 15) is 14.4 Å². The van der Waals surface area contributed by atoms with Gasteiger partial charge in [-0.1, -0.05) is 79.8 Å². The second kappa shape index (κ2) is 17.9. The molecule has 1 aliphatic carbocycles. The van der Waals surface area contributed by atoms with Crippen molar-refractivity contribution in [2.45, 2.75) is 64.3 Å². The molecule has 2 fully saturated rings. The number of carboxylic acids is 1. The number of carbonyl (C=O) groups excluding carboxylic acids is 2. The van der Waals surface area contributed by atoms with E-state index in [0.717, 1.165) is 50.7 Å². The Kier molecular flexibility index (Phi) is 14.4. The quantitative estimate of drug-likeness (QED) is 0.196. The molecule has 1 heterocycles. The largest absolute Gasteiger partial charge is 0.478 e. The molecule has 2 aliphatic rings. The zero-order valence-corrected chi connectivity index (χ0v) is 22.0. The summed E-state index contributed by atoms with van der Waals surface area (Å²) in [7, 11) is 0. The van der Waals surface area contributed by atoms with Crippen molar-refractivity contribution in [2.75, 3.05) is 13.1 Å². The smallest absolute Gasteiger partial charge is 0.328 e. The van der Waals surface area contributed by atoms with Crippen molar-refractivity contribution in [2.24, 2.45) is 11.8 Å². The number of amides is 2. The minimum Gasteiger partial charge on any atom is -0.478 e. The van der Waals surface area contributed by atoms with Gasteiger partial charge in [0.15, 0.2) is 0 Å². The van der Waals surface area contributed by atoms with Crippen LogP contribution < -0.4 is 5.32 Å². The highest BCUT2D eigenvalue weighted by atomic mass is 16.4. The standard InChI is InChI=1S/C31H42N2O4/c1-2-3-4-5-6-7-8-9-10-11-12-13-14-15-16-17-18-19-20-21-28(34)32-31-26-24-33(25-27(26)31)29(35)22-23-30(36)37/h3-4,6-7,9-10,12-13,15-16,18-19,22-23,26-27,31H,2,5,8,11,14,17,20-21,24-25H2,1H3,(H,32,34)(H,36,37). The van der Waals surface area contributed by atoms with Gasteiger partial charge in [0, 0.05) is 49.5 Å². The van der Waals surface area contributed by atoms with Crippen LogP contribution in [0.2, 0.25) is 0 Å². The molecule has 0 radical (unpaired) electrons. The summed E-state index contributed by atoms with van der Waals surface area (Å²) in [5.41, 5.74) is 0. The number of allylic oxidation sites excluding steroid dienone is 12. The molecule has 2 atom stereocenters. The summed E-state index contributed by atoms with van der Waals surface area (Å²) >= 11 is 0. The van der Waals surface area contributed by atoms with Crippen LogP contribution in [0.5, 0.6) is 0 Å². The highest BCUT2D eigenvalue weighted by Gasteiger charge is 2.57. The number of hydrogen-bond donors (Lipinski definition) is 2. The Bertz CT molecular complexity index is 927. The first-order valence-electron chi connectivity index (χ1n) is 13.4. The molecule has 37 heavy (non-hydrogen) atoms. The maximum atomic E-state index is 12.2. The highest BCUT2D eigenvalue weighted by Crippen LogP contribution is 2.45. The molecule has 0 bridgehead atoms. The Morgan fingerprint density at radius 1 is 0.730 bits per heavy atom. The summed E-state index contributed by atoms with van der Waals surface area (Å²) in [5.74, 6) is -0.788. The highest BCUT2D eigenvalue weighted by molar-refractivity contribution is 5.94. The molecule has 2 N–H and O–H groups in total. The molecule has 0 spiro atoms. The van der Waals surface area contributed by atoms with Gasteiger partial charge in [-0.15, -0.1) is 0 Å². The summed E-state index contributed by atoms with van der Waals surface area (Å²) in [5, 5.41) is 11.7. The lowest BCUT2D eigenvalue weighted by atomic mass is 10.2. The Morgan fingerprint density at radius 3 is 1.65 bits per heavy atom. The van der Waals surface area contributed by atoms with Gasteiger partial charge >= 0.3 is 5.97 Å². The molecule has 6 nitrogen and oxygen atoms in total. The van der Waals surface area contributed by atoms with E-state index >= 15 is 0 Å². The number of nitrogens with one attached hydrogen (secondary N) is 1. The maximum Gasteiger partial charge on any atom is 0.328 e. The van der Waals surface area contributed by atoms with E-state index < -0.39 is 5.97 Å². The van der Waals surface area contributed by atoms with Crippen LogP contribution in [0.3, 0.4) is 0 Å². The number of nitrogens with zero attached hydrogens (tertiary/aromatic N) is 1. The van der Waals surface area contributed by atoms with Crippen LogP contribution in [-0.4, -0.2) is 46.9 Å². The second-order valence-electron chi connectivity index (χ2n) is 9.29. The summed E-state index contributed by atoms with van der Waals surface area (Å²) in [6, 6.07) is 0.144. The summed E-state index contributed by atoms with van der Waals surface area (Å²) in [6.45, 7) is 3.29. The molecule has 0 aromatic rings. The van der Waals surface area contributed by atoms with Gasteiger partial charge in [-0.05, 0) is 44.9 Å². The number of piperidine rings is 1. The third-order valence-electron chi connectivity index (χ3n) is 6.34. The zero-order valence-electron chi connectivity index (χ0n) is 22.0. The van der Waals surface area contributed by atoms with Crippen LogP contribution in [0.25, 0.3) is 0 Å². The van der Waals surface area contributed by atoms with Crippen LogP contribution in [0.1, 0.15) is 58.3 Å². The summed E-state index contributed by atoms with van der Waals surface area (Å²) in [4.78, 5) is 36.2. The molecule has 200 valence electrons. The van der Waals surface area contributed by atoms with Gasteiger partial charge < -0.3 is 15.3 Å². The monoisotopic (exact) mass is 506 g/mol. The molecule has 1 saturated heterocycles. The van der Waals surface area contributed by atoms with E-state index in [2.05, 4.69) is 79.1 Å². The van der Waals surface area contributed by atoms with Gasteiger partial charge in [-0.25, -0.2) is 4.79 Å². The van der Waals surface area contributed by atoms with Crippen molar-refractivity contribution in [1.29, 1.82) is 0 Å². The van der Waals surface area contributed by atoms with E-state index in [0.29, 0.717) is 25.9 Å². The van der Waals surface area contributed by atoms with Crippen molar-refractivity contribution >= 4 is 17.8 Å². The molecular formula is C31H42N2O4. The van der Waals surface area contributed by atoms with Crippen LogP contribution in [0.4, 0.5) is 0 Å². The molecule has 6 heteroatoms. The molecule has 2 amide bonds. The minimum atomic E-state index is -1.13. The van der Waals surface area contributed by atoms with E-state index in [4.69, 9.17) is 5.11 Å². The SMILES string of the molecule is CCC=CCC=CCC=CCC=CCC=CCC=CCCC(=O)NC1C2CN(C(=O)C=CC(=O)O)CC21. The fraction of sp³-hybridized carbons (Fsp3) is 0.452. The molecule has 0 aromatic heterocycles. The van der Waals surface area contributed by atoms with Crippen LogP contribution in [0.15, 0.2) is 85.1 Å². The lowest BCUT2D eigenvalue weighted by molar-refractivity contribution is -0.132. The van der Waals surface area contributed by atoms with Crippen LogP contribution in [-0.2, 0) is 14.4 Å². The second-order valence-corrected chi connectivity index (χ2v) is 9.29. The van der Waals surface area contributed by atoms with Crippen molar-refractivity contribution in [1.82, 2.24) is 10.2 Å². The molecule has 1 saturated carbocycles. The van der Waals surface area contributed by atoms with Gasteiger partial charge in [0.1, 0.15) is 0 Å². The number of carbonyl (C=O) groups is 3. The Labute approximate surface area is 221 Å². The van der Waals surface area contributed by atoms with Crippen molar-refractivity contribution in [3.8, 4) is 0 Å². The normalized spacial score (nSPS) is 21.6. The van der Waals surface area contributed by atoms with Crippen LogP contribution >= 0.6 is 0 Å². The van der Waals surface area contributed by atoms with Crippen molar-refractivity contribution < 1.29 is 19.5 Å². The lowest BCUT2D eigenvalue weighted by Gasteiger charge is -2.18. The first kappa shape index (κ1) is 29.8. The number of aliphatic carboxylic acids is 1. The average molecular weight is 507 g/mol. The topological polar surface area (TPSA) is 86.7 Å². The average Bonchev–Trinajstić information content (AvgIpc) is 3.30. The fourth-order valence-corrected chi connectivity index (χ4v) is 4.28. The number of hydrogen-bond acceptors (Lipinski definition) is 3. The Hall–Kier alpha value is -3.41. The third kappa shape index (κ3) is 12.9. The zero-order chi connectivity index (χ0) is 26.7.